The molecular formula is C16H22O5. The van der Waals surface area contributed by atoms with Gasteiger partial charge in [-0.25, -0.2) is 0 Å². The van der Waals surface area contributed by atoms with Gasteiger partial charge in [0.05, 0.1) is 17.3 Å². The highest BCUT2D eigenvalue weighted by molar-refractivity contribution is 5.98. The monoisotopic (exact) mass is 294 g/mol. The molecule has 5 heteroatoms. The molecule has 3 fully saturated rings. The first-order valence-electron chi connectivity index (χ1n) is 7.75. The van der Waals surface area contributed by atoms with Crippen molar-refractivity contribution in [3.63, 3.8) is 0 Å². The SMILES string of the molecule is CCC(C)(C)C(=O)OC1CC2CC1C1(CC(=O)OC1=O)C2. The summed E-state index contributed by atoms with van der Waals surface area (Å²) in [7, 11) is 0. The molecule has 1 heterocycles. The highest BCUT2D eigenvalue weighted by atomic mass is 16.6. The summed E-state index contributed by atoms with van der Waals surface area (Å²) in [5.41, 5.74) is -1.23. The fourth-order valence-electron chi connectivity index (χ4n) is 4.09. The maximum absolute atomic E-state index is 12.3. The van der Waals surface area contributed by atoms with Crippen LogP contribution in [0.2, 0.25) is 0 Å². The molecule has 4 atom stereocenters. The van der Waals surface area contributed by atoms with Gasteiger partial charge in [-0.15, -0.1) is 0 Å². The van der Waals surface area contributed by atoms with Crippen molar-refractivity contribution in [2.24, 2.45) is 22.7 Å². The van der Waals surface area contributed by atoms with Crippen molar-refractivity contribution in [2.45, 2.75) is 59.0 Å². The summed E-state index contributed by atoms with van der Waals surface area (Å²) in [5, 5.41) is 0. The largest absolute Gasteiger partial charge is 0.462 e. The third-order valence-corrected chi connectivity index (χ3v) is 5.73. The van der Waals surface area contributed by atoms with Crippen LogP contribution in [0.4, 0.5) is 0 Å². The van der Waals surface area contributed by atoms with Crippen molar-refractivity contribution in [3.05, 3.63) is 0 Å². The van der Waals surface area contributed by atoms with Gasteiger partial charge in [0.1, 0.15) is 6.10 Å². The first-order chi connectivity index (χ1) is 9.78. The van der Waals surface area contributed by atoms with Crippen LogP contribution in [0, 0.1) is 22.7 Å². The highest BCUT2D eigenvalue weighted by Gasteiger charge is 2.65. The summed E-state index contributed by atoms with van der Waals surface area (Å²) in [5.74, 6) is -0.758. The zero-order valence-electron chi connectivity index (χ0n) is 12.8. The van der Waals surface area contributed by atoms with Crippen molar-refractivity contribution in [1.82, 2.24) is 0 Å². The lowest BCUT2D eigenvalue weighted by molar-refractivity contribution is -0.170. The predicted molar refractivity (Wildman–Crippen MR) is 72.9 cm³/mol. The van der Waals surface area contributed by atoms with Crippen LogP contribution in [0.5, 0.6) is 0 Å². The number of hydrogen-bond donors (Lipinski definition) is 0. The van der Waals surface area contributed by atoms with Crippen LogP contribution in [-0.2, 0) is 23.9 Å². The van der Waals surface area contributed by atoms with Crippen LogP contribution >= 0.6 is 0 Å². The minimum Gasteiger partial charge on any atom is -0.462 e. The van der Waals surface area contributed by atoms with Gasteiger partial charge in [-0.2, -0.15) is 0 Å². The summed E-state index contributed by atoms with van der Waals surface area (Å²) in [6, 6.07) is 0. The summed E-state index contributed by atoms with van der Waals surface area (Å²) in [6.07, 6.45) is 2.97. The van der Waals surface area contributed by atoms with Gasteiger partial charge in [0.15, 0.2) is 0 Å². The molecule has 2 aliphatic carbocycles. The van der Waals surface area contributed by atoms with Crippen molar-refractivity contribution >= 4 is 17.9 Å². The van der Waals surface area contributed by atoms with Crippen LogP contribution in [-0.4, -0.2) is 24.0 Å². The molecule has 0 amide bonds. The summed E-state index contributed by atoms with van der Waals surface area (Å²) >= 11 is 0. The lowest BCUT2D eigenvalue weighted by Gasteiger charge is -2.35. The predicted octanol–water partition coefficient (Wildman–Crippen LogP) is 2.22. The Morgan fingerprint density at radius 3 is 2.62 bits per heavy atom. The zero-order valence-corrected chi connectivity index (χ0v) is 12.8. The number of rotatable bonds is 3. The summed E-state index contributed by atoms with van der Waals surface area (Å²) < 4.78 is 10.5. The molecule has 3 aliphatic rings. The van der Waals surface area contributed by atoms with Crippen LogP contribution in [0.25, 0.3) is 0 Å². The van der Waals surface area contributed by atoms with E-state index in [2.05, 4.69) is 0 Å². The van der Waals surface area contributed by atoms with Crippen LogP contribution < -0.4 is 0 Å². The molecule has 2 saturated carbocycles. The zero-order chi connectivity index (χ0) is 15.4. The summed E-state index contributed by atoms with van der Waals surface area (Å²) in [4.78, 5) is 35.8. The Labute approximate surface area is 124 Å². The third-order valence-electron chi connectivity index (χ3n) is 5.73. The summed E-state index contributed by atoms with van der Waals surface area (Å²) in [6.45, 7) is 5.69. The van der Waals surface area contributed by atoms with Gasteiger partial charge in [-0.3, -0.25) is 14.4 Å². The minimum atomic E-state index is -0.721. The second-order valence-corrected chi connectivity index (χ2v) is 7.42. The van der Waals surface area contributed by atoms with E-state index < -0.39 is 22.8 Å². The van der Waals surface area contributed by atoms with Gasteiger partial charge in [0.25, 0.3) is 0 Å². The van der Waals surface area contributed by atoms with Gasteiger partial charge in [-0.05, 0) is 45.4 Å². The lowest BCUT2D eigenvalue weighted by Crippen LogP contribution is -2.42. The standard InChI is InChI=1S/C16H22O5/c1-4-15(2,3)13(18)20-11-6-9-5-10(11)16(7-9)8-12(17)21-14(16)19/h9-11H,4-8H2,1-3H3. The molecule has 0 aromatic rings. The lowest BCUT2D eigenvalue weighted by atomic mass is 9.70. The van der Waals surface area contributed by atoms with Crippen molar-refractivity contribution < 1.29 is 23.9 Å². The molecule has 1 aliphatic heterocycles. The van der Waals surface area contributed by atoms with Crippen molar-refractivity contribution in [3.8, 4) is 0 Å². The Hall–Kier alpha value is -1.39. The molecule has 1 saturated heterocycles. The van der Waals surface area contributed by atoms with E-state index in [-0.39, 0.29) is 24.4 Å². The molecule has 0 N–H and O–H groups in total. The topological polar surface area (TPSA) is 69.7 Å². The van der Waals surface area contributed by atoms with Gasteiger partial charge in [-0.1, -0.05) is 6.92 Å². The van der Waals surface area contributed by atoms with E-state index in [0.717, 1.165) is 12.8 Å². The van der Waals surface area contributed by atoms with E-state index in [4.69, 9.17) is 9.47 Å². The number of ether oxygens (including phenoxy) is 2. The van der Waals surface area contributed by atoms with Crippen molar-refractivity contribution in [1.29, 1.82) is 0 Å². The number of fused-ring (bicyclic) bond motifs is 3. The number of carbonyl (C=O) groups excluding carboxylic acids is 3. The fraction of sp³-hybridized carbons (Fsp3) is 0.812. The Bertz CT molecular complexity index is 509. The van der Waals surface area contributed by atoms with E-state index in [1.165, 1.54) is 0 Å². The molecule has 0 aromatic heterocycles. The molecule has 4 unspecified atom stereocenters. The third kappa shape index (κ3) is 2.09. The Kier molecular flexibility index (Phi) is 3.15. The Morgan fingerprint density at radius 2 is 2.10 bits per heavy atom. The smallest absolute Gasteiger partial charge is 0.320 e. The number of cyclic esters (lactones) is 2. The van der Waals surface area contributed by atoms with Gasteiger partial charge >= 0.3 is 17.9 Å². The first-order valence-corrected chi connectivity index (χ1v) is 7.75. The average Bonchev–Trinajstić information content (AvgIpc) is 3.03. The van der Waals surface area contributed by atoms with E-state index >= 15 is 0 Å². The number of hydrogen-bond acceptors (Lipinski definition) is 5. The molecule has 1 spiro atoms. The molecular weight excluding hydrogens is 272 g/mol. The first kappa shape index (κ1) is 14.5. The maximum Gasteiger partial charge on any atom is 0.320 e. The van der Waals surface area contributed by atoms with Crippen LogP contribution in [0.1, 0.15) is 52.9 Å². The molecule has 21 heavy (non-hydrogen) atoms. The van der Waals surface area contributed by atoms with Crippen LogP contribution in [0.3, 0.4) is 0 Å². The quantitative estimate of drug-likeness (QED) is 0.589. The van der Waals surface area contributed by atoms with Crippen LogP contribution in [0.15, 0.2) is 0 Å². The fourth-order valence-corrected chi connectivity index (χ4v) is 4.09. The molecule has 3 rings (SSSR count). The molecule has 0 aromatic carbocycles. The van der Waals surface area contributed by atoms with Gasteiger partial charge in [0, 0.05) is 5.92 Å². The van der Waals surface area contributed by atoms with Gasteiger partial charge in [0.2, 0.25) is 0 Å². The normalized spacial score (nSPS) is 38.1. The molecule has 5 nitrogen and oxygen atoms in total. The van der Waals surface area contributed by atoms with Gasteiger partial charge < -0.3 is 9.47 Å². The van der Waals surface area contributed by atoms with E-state index in [0.29, 0.717) is 18.8 Å². The highest BCUT2D eigenvalue weighted by Crippen LogP contribution is 2.61. The van der Waals surface area contributed by atoms with Crippen molar-refractivity contribution in [2.75, 3.05) is 0 Å². The Morgan fingerprint density at radius 1 is 1.38 bits per heavy atom. The Balaban J connectivity index is 1.77. The molecule has 2 bridgehead atoms. The van der Waals surface area contributed by atoms with E-state index in [1.807, 2.05) is 20.8 Å². The maximum atomic E-state index is 12.3. The molecule has 116 valence electrons. The van der Waals surface area contributed by atoms with E-state index in [9.17, 15) is 14.4 Å². The molecule has 0 radical (unpaired) electrons. The second kappa shape index (κ2) is 4.55. The minimum absolute atomic E-state index is 0.0574. The number of esters is 3. The van der Waals surface area contributed by atoms with E-state index in [1.54, 1.807) is 0 Å². The number of carbonyl (C=O) groups is 3. The average molecular weight is 294 g/mol. The second-order valence-electron chi connectivity index (χ2n) is 7.42.